The summed E-state index contributed by atoms with van der Waals surface area (Å²) < 4.78 is 0. The van der Waals surface area contributed by atoms with Crippen molar-refractivity contribution in [3.63, 3.8) is 0 Å². The zero-order valence-electron chi connectivity index (χ0n) is 12.1. The molecule has 0 radical (unpaired) electrons. The molecule has 19 heavy (non-hydrogen) atoms. The van der Waals surface area contributed by atoms with Crippen LogP contribution in [0.3, 0.4) is 0 Å². The van der Waals surface area contributed by atoms with Crippen LogP contribution in [0.25, 0.3) is 0 Å². The molecule has 0 aromatic heterocycles. The van der Waals surface area contributed by atoms with Crippen LogP contribution in [0.1, 0.15) is 51.2 Å². The number of aryl methyl sites for hydroxylation is 2. The number of ketones is 1. The Hall–Kier alpha value is -1.64. The quantitative estimate of drug-likeness (QED) is 0.763. The van der Waals surface area contributed by atoms with Crippen molar-refractivity contribution < 1.29 is 9.59 Å². The summed E-state index contributed by atoms with van der Waals surface area (Å²) in [5.74, 6) is -0.348. The number of nitrogens with one attached hydrogen (secondary N) is 1. The van der Waals surface area contributed by atoms with Gasteiger partial charge >= 0.3 is 0 Å². The number of hydrogen-bond donors (Lipinski definition) is 1. The second-order valence-electron chi connectivity index (χ2n) is 4.97. The zero-order chi connectivity index (χ0) is 14.3. The molecule has 1 rings (SSSR count). The summed E-state index contributed by atoms with van der Waals surface area (Å²) in [6.45, 7) is 5.70. The third kappa shape index (κ3) is 5.69. The molecule has 1 aromatic rings. The average Bonchev–Trinajstić information content (AvgIpc) is 2.28. The number of anilines is 1. The molecule has 104 valence electrons. The van der Waals surface area contributed by atoms with Crippen molar-refractivity contribution in [3.8, 4) is 0 Å². The largest absolute Gasteiger partial charge is 0.326 e. The van der Waals surface area contributed by atoms with Gasteiger partial charge in [-0.25, -0.2) is 0 Å². The van der Waals surface area contributed by atoms with Crippen molar-refractivity contribution in [2.45, 2.75) is 52.9 Å². The lowest BCUT2D eigenvalue weighted by Crippen LogP contribution is -2.15. The number of Topliss-reactive ketones (excluding diaryl/α,β-unsaturated/α-hetero) is 1. The van der Waals surface area contributed by atoms with E-state index in [-0.39, 0.29) is 18.1 Å². The SMILES string of the molecule is CCCc1cc(CCC)cc(NC(=O)CC(C)=O)c1. The summed E-state index contributed by atoms with van der Waals surface area (Å²) in [5, 5.41) is 2.81. The summed E-state index contributed by atoms with van der Waals surface area (Å²) in [7, 11) is 0. The Labute approximate surface area is 115 Å². The Morgan fingerprint density at radius 3 is 1.95 bits per heavy atom. The molecule has 0 saturated heterocycles. The van der Waals surface area contributed by atoms with E-state index in [0.29, 0.717) is 0 Å². The summed E-state index contributed by atoms with van der Waals surface area (Å²) in [6, 6.07) is 6.20. The number of amides is 1. The van der Waals surface area contributed by atoms with Crippen LogP contribution in [0.15, 0.2) is 18.2 Å². The molecule has 0 aliphatic heterocycles. The standard InChI is InChI=1S/C16H23NO2/c1-4-6-13-9-14(7-5-2)11-15(10-13)17-16(19)8-12(3)18/h9-11H,4-8H2,1-3H3,(H,17,19). The van der Waals surface area contributed by atoms with Gasteiger partial charge in [-0.1, -0.05) is 32.8 Å². The van der Waals surface area contributed by atoms with Crippen molar-refractivity contribution >= 4 is 17.4 Å². The van der Waals surface area contributed by atoms with Crippen LogP contribution in [-0.4, -0.2) is 11.7 Å². The first kappa shape index (κ1) is 15.4. The molecule has 0 aliphatic rings. The number of carbonyl (C=O) groups excluding carboxylic acids is 2. The van der Waals surface area contributed by atoms with Crippen molar-refractivity contribution in [2.24, 2.45) is 0 Å². The zero-order valence-corrected chi connectivity index (χ0v) is 12.1. The van der Waals surface area contributed by atoms with E-state index in [1.807, 2.05) is 12.1 Å². The molecule has 0 saturated carbocycles. The minimum atomic E-state index is -0.233. The maximum absolute atomic E-state index is 11.6. The highest BCUT2D eigenvalue weighted by molar-refractivity contribution is 6.03. The molecule has 0 atom stereocenters. The summed E-state index contributed by atoms with van der Waals surface area (Å²) in [4.78, 5) is 22.6. The highest BCUT2D eigenvalue weighted by atomic mass is 16.2. The van der Waals surface area contributed by atoms with Gasteiger partial charge in [-0.05, 0) is 43.0 Å². The molecular weight excluding hydrogens is 238 g/mol. The minimum absolute atomic E-state index is 0.0544. The normalized spacial score (nSPS) is 10.3. The van der Waals surface area contributed by atoms with E-state index in [0.717, 1.165) is 31.4 Å². The summed E-state index contributed by atoms with van der Waals surface area (Å²) in [6.07, 6.45) is 4.12. The monoisotopic (exact) mass is 261 g/mol. The first-order valence-electron chi connectivity index (χ1n) is 6.97. The topological polar surface area (TPSA) is 46.2 Å². The molecular formula is C16H23NO2. The Kier molecular flexibility index (Phi) is 6.26. The van der Waals surface area contributed by atoms with Crippen LogP contribution in [0, 0.1) is 0 Å². The second-order valence-corrected chi connectivity index (χ2v) is 4.97. The van der Waals surface area contributed by atoms with E-state index >= 15 is 0 Å². The fourth-order valence-corrected chi connectivity index (χ4v) is 2.13. The lowest BCUT2D eigenvalue weighted by atomic mass is 10.0. The van der Waals surface area contributed by atoms with Crippen molar-refractivity contribution in [1.29, 1.82) is 0 Å². The third-order valence-electron chi connectivity index (χ3n) is 2.82. The lowest BCUT2D eigenvalue weighted by molar-refractivity contribution is -0.124. The van der Waals surface area contributed by atoms with Gasteiger partial charge in [0.15, 0.2) is 0 Å². The van der Waals surface area contributed by atoms with Gasteiger partial charge in [0, 0.05) is 5.69 Å². The summed E-state index contributed by atoms with van der Waals surface area (Å²) in [5.41, 5.74) is 3.29. The maximum Gasteiger partial charge on any atom is 0.231 e. The molecule has 0 spiro atoms. The molecule has 0 heterocycles. The third-order valence-corrected chi connectivity index (χ3v) is 2.82. The van der Waals surface area contributed by atoms with Gasteiger partial charge < -0.3 is 5.32 Å². The van der Waals surface area contributed by atoms with E-state index in [4.69, 9.17) is 0 Å². The average molecular weight is 261 g/mol. The van der Waals surface area contributed by atoms with E-state index in [1.165, 1.54) is 18.1 Å². The molecule has 1 amide bonds. The number of benzene rings is 1. The maximum atomic E-state index is 11.6. The molecule has 3 nitrogen and oxygen atoms in total. The second kappa shape index (κ2) is 7.72. The van der Waals surface area contributed by atoms with Gasteiger partial charge in [0.2, 0.25) is 5.91 Å². The smallest absolute Gasteiger partial charge is 0.231 e. The number of carbonyl (C=O) groups is 2. The van der Waals surface area contributed by atoms with Crippen molar-refractivity contribution in [1.82, 2.24) is 0 Å². The Morgan fingerprint density at radius 2 is 1.53 bits per heavy atom. The fourth-order valence-electron chi connectivity index (χ4n) is 2.13. The Bertz CT molecular complexity index is 428. The van der Waals surface area contributed by atoms with Crippen LogP contribution in [-0.2, 0) is 22.4 Å². The van der Waals surface area contributed by atoms with Crippen molar-refractivity contribution in [2.75, 3.05) is 5.32 Å². The van der Waals surface area contributed by atoms with Gasteiger partial charge in [0.1, 0.15) is 5.78 Å². The predicted octanol–water partition coefficient (Wildman–Crippen LogP) is 3.51. The first-order chi connectivity index (χ1) is 9.05. The van der Waals surface area contributed by atoms with Crippen LogP contribution in [0.2, 0.25) is 0 Å². The first-order valence-corrected chi connectivity index (χ1v) is 6.97. The van der Waals surface area contributed by atoms with Crippen molar-refractivity contribution in [3.05, 3.63) is 29.3 Å². The number of hydrogen-bond acceptors (Lipinski definition) is 2. The van der Waals surface area contributed by atoms with Gasteiger partial charge in [0.05, 0.1) is 6.42 Å². The van der Waals surface area contributed by atoms with Gasteiger partial charge in [-0.15, -0.1) is 0 Å². The van der Waals surface area contributed by atoms with E-state index in [9.17, 15) is 9.59 Å². The van der Waals surface area contributed by atoms with Crippen LogP contribution < -0.4 is 5.32 Å². The van der Waals surface area contributed by atoms with E-state index in [2.05, 4.69) is 25.2 Å². The lowest BCUT2D eigenvalue weighted by Gasteiger charge is -2.10. The Morgan fingerprint density at radius 1 is 1.00 bits per heavy atom. The predicted molar refractivity (Wildman–Crippen MR) is 78.4 cm³/mol. The van der Waals surface area contributed by atoms with Gasteiger partial charge in [0.25, 0.3) is 0 Å². The molecule has 1 aromatic carbocycles. The minimum Gasteiger partial charge on any atom is -0.326 e. The molecule has 1 N–H and O–H groups in total. The molecule has 3 heteroatoms. The molecule has 0 unspecified atom stereocenters. The Balaban J connectivity index is 2.85. The van der Waals surface area contributed by atoms with Gasteiger partial charge in [-0.2, -0.15) is 0 Å². The molecule has 0 aliphatic carbocycles. The van der Waals surface area contributed by atoms with E-state index in [1.54, 1.807) is 0 Å². The number of rotatable bonds is 7. The molecule has 0 bridgehead atoms. The van der Waals surface area contributed by atoms with Crippen LogP contribution >= 0.6 is 0 Å². The van der Waals surface area contributed by atoms with Crippen LogP contribution in [0.5, 0.6) is 0 Å². The molecule has 0 fully saturated rings. The highest BCUT2D eigenvalue weighted by Crippen LogP contribution is 2.18. The highest BCUT2D eigenvalue weighted by Gasteiger charge is 2.07. The van der Waals surface area contributed by atoms with Crippen LogP contribution in [0.4, 0.5) is 5.69 Å². The fraction of sp³-hybridized carbons (Fsp3) is 0.500. The summed E-state index contributed by atoms with van der Waals surface area (Å²) >= 11 is 0. The van der Waals surface area contributed by atoms with Gasteiger partial charge in [-0.3, -0.25) is 9.59 Å². The van der Waals surface area contributed by atoms with E-state index < -0.39 is 0 Å².